The first-order valence-corrected chi connectivity index (χ1v) is 48.1. The van der Waals surface area contributed by atoms with Gasteiger partial charge in [0.25, 0.3) is 16.7 Å². The number of ether oxygens (including phenoxy) is 1. The maximum absolute atomic E-state index is 14.3. The fourth-order valence-corrected chi connectivity index (χ4v) is 20.7. The van der Waals surface area contributed by atoms with Gasteiger partial charge in [0.15, 0.2) is 15.6 Å². The number of fused-ring (bicyclic) bond motifs is 3. The Morgan fingerprint density at radius 1 is 0.546 bits per heavy atom. The van der Waals surface area contributed by atoms with Gasteiger partial charge in [0.1, 0.15) is 33.5 Å². The molecule has 13 heterocycles. The molecule has 0 saturated carbocycles. The Morgan fingerprint density at radius 2 is 1.06 bits per heavy atom. The molecule has 130 heavy (non-hydrogen) atoms. The summed E-state index contributed by atoms with van der Waals surface area (Å²) in [5.41, 5.74) is 11.9. The average molecular weight is 1810 g/mol. The number of piperazine rings is 1. The number of pyridine rings is 5. The SMILES string of the molecule is CC1=C(c2cc3cnc(Nc4ccc(N5CCN(C)CC5)cc4)nc3n(Cc3cnccc3S(=O)c3ccccc3)c2=O)CCC1.CCOc1cc2cnc(Nc3ccc(C4CCN(C)CC4)cc3)nc2n(Cc2nnn(C)c2S(C)=O)c1=O.CN(C)CCS(=O)(=O)c1cnccc1Cn1c(=O)c(-c2nccn2C)cc2cnc(Nc3ccc(C4CCN(C)CC4)cc3)nc21. The molecule has 10 aromatic heterocycles. The number of hydrogen-bond donors (Lipinski definition) is 3. The van der Waals surface area contributed by atoms with Crippen LogP contribution in [0, 0.1) is 0 Å². The van der Waals surface area contributed by atoms with E-state index in [0.717, 1.165) is 125 Å². The zero-order valence-corrected chi connectivity index (χ0v) is 77.2. The molecule has 0 radical (unpaired) electrons. The molecule has 4 aliphatic rings. The Morgan fingerprint density at radius 3 is 1.59 bits per heavy atom. The van der Waals surface area contributed by atoms with E-state index < -0.39 is 31.4 Å². The summed E-state index contributed by atoms with van der Waals surface area (Å²) in [7, 11) is 7.17. The van der Waals surface area contributed by atoms with Crippen molar-refractivity contribution in [1.29, 1.82) is 0 Å². The van der Waals surface area contributed by atoms with Crippen molar-refractivity contribution < 1.29 is 21.6 Å². The van der Waals surface area contributed by atoms with Gasteiger partial charge in [-0.25, -0.2) is 37.2 Å². The number of allylic oxidation sites excluding steroid dienone is 2. The van der Waals surface area contributed by atoms with Gasteiger partial charge in [0.05, 0.1) is 68.9 Å². The summed E-state index contributed by atoms with van der Waals surface area (Å²) in [6.45, 7) is 13.3. The van der Waals surface area contributed by atoms with Gasteiger partial charge in [-0.1, -0.05) is 53.3 Å². The molecule has 0 spiro atoms. The third-order valence-corrected chi connectivity index (χ3v) is 28.7. The lowest BCUT2D eigenvalue weighted by atomic mass is 9.89. The fourth-order valence-electron chi connectivity index (χ4n) is 17.1. The second-order valence-electron chi connectivity index (χ2n) is 33.8. The number of aromatic nitrogens is 16. The predicted molar refractivity (Wildman–Crippen MR) is 510 cm³/mol. The highest BCUT2D eigenvalue weighted by atomic mass is 32.2. The van der Waals surface area contributed by atoms with Crippen LogP contribution in [0.3, 0.4) is 0 Å². The van der Waals surface area contributed by atoms with Crippen molar-refractivity contribution >= 4 is 111 Å². The van der Waals surface area contributed by atoms with Crippen LogP contribution in [-0.2, 0) is 65.2 Å². The number of likely N-dealkylation sites (tertiary alicyclic amines) is 2. The molecule has 3 aliphatic heterocycles. The van der Waals surface area contributed by atoms with E-state index in [1.807, 2.05) is 106 Å². The summed E-state index contributed by atoms with van der Waals surface area (Å²) >= 11 is 0. The molecule has 0 bridgehead atoms. The molecule has 1 aliphatic carbocycles. The quantitative estimate of drug-likeness (QED) is 0.0453. The average Bonchev–Trinajstić information content (AvgIpc) is 1.17. The van der Waals surface area contributed by atoms with Crippen molar-refractivity contribution in [2.24, 2.45) is 14.1 Å². The number of rotatable bonds is 26. The summed E-state index contributed by atoms with van der Waals surface area (Å²) in [5.74, 6) is 2.82. The molecule has 18 rings (SSSR count). The van der Waals surface area contributed by atoms with E-state index in [1.54, 1.807) is 90.1 Å². The van der Waals surface area contributed by atoms with Crippen LogP contribution < -0.4 is 42.3 Å². The number of nitrogens with one attached hydrogen (secondary N) is 3. The van der Waals surface area contributed by atoms with Crippen molar-refractivity contribution in [3.05, 3.63) is 259 Å². The van der Waals surface area contributed by atoms with Crippen molar-refractivity contribution in [1.82, 2.24) is 97.7 Å². The molecule has 674 valence electrons. The number of aryl methyl sites for hydroxylation is 2. The molecule has 3 fully saturated rings. The van der Waals surface area contributed by atoms with Crippen LogP contribution in [0.2, 0.25) is 0 Å². The van der Waals surface area contributed by atoms with Gasteiger partial charge >= 0.3 is 0 Å². The first-order chi connectivity index (χ1) is 62.9. The van der Waals surface area contributed by atoms with E-state index in [-0.39, 0.29) is 52.7 Å². The number of anilines is 7. The summed E-state index contributed by atoms with van der Waals surface area (Å²) in [5, 5.41) is 20.5. The highest BCUT2D eigenvalue weighted by Gasteiger charge is 2.28. The maximum atomic E-state index is 14.3. The van der Waals surface area contributed by atoms with Crippen LogP contribution in [-0.4, -0.2) is 227 Å². The second kappa shape index (κ2) is 40.5. The molecular formula is C95H108N24O8S3. The van der Waals surface area contributed by atoms with E-state index in [9.17, 15) is 31.2 Å². The number of imidazole rings is 1. The number of piperidine rings is 2. The van der Waals surface area contributed by atoms with Gasteiger partial charge in [0, 0.05) is 164 Å². The van der Waals surface area contributed by atoms with E-state index >= 15 is 0 Å². The van der Waals surface area contributed by atoms with Gasteiger partial charge in [-0.05, 0) is 245 Å². The van der Waals surface area contributed by atoms with Crippen molar-refractivity contribution in [3.8, 4) is 17.1 Å². The predicted octanol–water partition coefficient (Wildman–Crippen LogP) is 12.0. The van der Waals surface area contributed by atoms with Crippen LogP contribution >= 0.6 is 0 Å². The smallest absolute Gasteiger partial charge is 0.294 e. The fraction of sp³-hybridized carbons (Fsp3) is 0.347. The summed E-state index contributed by atoms with van der Waals surface area (Å²) in [4.78, 5) is 95.4. The third-order valence-electron chi connectivity index (χ3n) is 24.4. The normalized spacial score (nSPS) is 15.5. The molecule has 3 N–H and O–H groups in total. The number of sulfone groups is 1. The molecular weight excluding hydrogens is 1700 g/mol. The lowest BCUT2D eigenvalue weighted by Gasteiger charge is -2.34. The molecule has 2 unspecified atom stereocenters. The van der Waals surface area contributed by atoms with E-state index in [0.29, 0.717) is 119 Å². The first kappa shape index (κ1) is 90.6. The van der Waals surface area contributed by atoms with E-state index in [1.165, 1.54) is 48.6 Å². The highest BCUT2D eigenvalue weighted by molar-refractivity contribution is 7.91. The zero-order valence-electron chi connectivity index (χ0n) is 74.8. The molecule has 3 saturated heterocycles. The van der Waals surface area contributed by atoms with Crippen LogP contribution in [0.15, 0.2) is 229 Å². The Labute approximate surface area is 759 Å². The standard InChI is InChI=1S/C36H37N7O2S.C33H39N9O3S.C26H32N8O3S/c1-25-7-6-10-31(25)32-21-26-23-38-36(39-28-11-13-29(14-12-28)42-19-17-41(2)18-20-42)40-34(26)43(35(32)44)24-27-22-37-16-15-33(27)46(45)30-8-4-3-5-9-30;1-39(2)17-18-46(44,45)29-21-34-12-9-25(29)22-42-30-26(19-28(32(42)43)31-35-13-16-41(31)4)20-36-33(38-30)37-27-7-5-23(6-8-27)24-10-14-40(3)15-11-24;1-5-37-22-14-19-15-27-26(28-20-8-6-17(7-9-20)18-10-12-32(2)13-11-18)29-23(19)34(24(22)35)16-21-25(38(4)36)33(3)31-30-21/h3-5,8-9,11-16,21-23H,6-7,10,17-20,24H2,1-2H3,(H,38,39,40);5-9,12-13,16,19-21,24H,10-11,14-15,17-18,22H2,1-4H3,(H,36,37,38);6-9,14-15,18H,5,10-13,16H2,1-4H3,(H,27,28,29). The molecule has 14 aromatic rings. The minimum Gasteiger partial charge on any atom is -0.488 e. The van der Waals surface area contributed by atoms with Crippen molar-refractivity contribution in [2.45, 2.75) is 110 Å². The second-order valence-corrected chi connectivity index (χ2v) is 38.6. The van der Waals surface area contributed by atoms with Crippen LogP contribution in [0.25, 0.3) is 50.1 Å². The maximum Gasteiger partial charge on any atom is 0.294 e. The zero-order chi connectivity index (χ0) is 90.9. The van der Waals surface area contributed by atoms with Crippen LogP contribution in [0.1, 0.15) is 104 Å². The summed E-state index contributed by atoms with van der Waals surface area (Å²) in [6.07, 6.45) is 23.8. The first-order valence-electron chi connectivity index (χ1n) is 43.7. The monoisotopic (exact) mass is 1810 g/mol. The minimum absolute atomic E-state index is 0.0334. The molecule has 0 amide bonds. The Balaban J connectivity index is 0.000000144. The van der Waals surface area contributed by atoms with Gasteiger partial charge in [-0.2, -0.15) is 15.0 Å². The van der Waals surface area contributed by atoms with E-state index in [4.69, 9.17) is 14.7 Å². The lowest BCUT2D eigenvalue weighted by molar-refractivity contribution is 0.255. The highest BCUT2D eigenvalue weighted by Crippen LogP contribution is 2.36. The van der Waals surface area contributed by atoms with Gasteiger partial charge < -0.3 is 49.8 Å². The Bertz CT molecular complexity index is 6820. The Hall–Kier alpha value is -12.8. The number of hydrogen-bond acceptors (Lipinski definition) is 27. The number of benzene rings is 4. The molecule has 2 atom stereocenters. The van der Waals surface area contributed by atoms with Crippen LogP contribution in [0.5, 0.6) is 5.75 Å². The van der Waals surface area contributed by atoms with Gasteiger partial charge in [-0.15, -0.1) is 5.10 Å². The minimum atomic E-state index is -3.68. The van der Waals surface area contributed by atoms with Crippen molar-refractivity contribution in [2.75, 3.05) is 134 Å². The molecule has 35 heteroatoms. The largest absolute Gasteiger partial charge is 0.488 e. The molecule has 32 nitrogen and oxygen atoms in total. The Kier molecular flexibility index (Phi) is 28.2. The molecule has 4 aromatic carbocycles. The summed E-state index contributed by atoms with van der Waals surface area (Å²) in [6, 6.07) is 43.1. The lowest BCUT2D eigenvalue weighted by Crippen LogP contribution is -2.44. The van der Waals surface area contributed by atoms with Gasteiger partial charge in [0.2, 0.25) is 17.8 Å². The third kappa shape index (κ3) is 20.9. The van der Waals surface area contributed by atoms with Crippen molar-refractivity contribution in [3.63, 3.8) is 0 Å². The number of nitrogens with zero attached hydrogens (tertiary/aromatic N) is 21. The topological polar surface area (TPSA) is 347 Å². The number of likely N-dealkylation sites (N-methyl/N-ethyl adjacent to an activating group) is 1. The van der Waals surface area contributed by atoms with E-state index in [2.05, 4.69) is 145 Å². The summed E-state index contributed by atoms with van der Waals surface area (Å²) < 4.78 is 66.2. The van der Waals surface area contributed by atoms with Crippen LogP contribution in [0.4, 0.5) is 40.6 Å². The van der Waals surface area contributed by atoms with Gasteiger partial charge in [-0.3, -0.25) is 42.3 Å².